The van der Waals surface area contributed by atoms with Crippen LogP contribution in [0.25, 0.3) is 0 Å². The molecule has 0 atom stereocenters. The molecule has 0 unspecified atom stereocenters. The first-order chi connectivity index (χ1) is 8.67. The fraction of sp³-hybridized carbons (Fsp3) is 0.500. The Bertz CT molecular complexity index is 438. The van der Waals surface area contributed by atoms with Crippen LogP contribution in [0.4, 0.5) is 5.69 Å². The molecule has 0 saturated heterocycles. The maximum Gasteiger partial charge on any atom is 0.193 e. The van der Waals surface area contributed by atoms with Gasteiger partial charge in [-0.15, -0.1) is 0 Å². The number of hydrogen-bond donors (Lipinski definition) is 2. The van der Waals surface area contributed by atoms with Gasteiger partial charge in [-0.1, -0.05) is 13.0 Å². The molecule has 2 rings (SSSR count). The zero-order chi connectivity index (χ0) is 13.0. The highest BCUT2D eigenvalue weighted by Gasteiger charge is 2.40. The van der Waals surface area contributed by atoms with Crippen LogP contribution >= 0.6 is 0 Å². The summed E-state index contributed by atoms with van der Waals surface area (Å²) in [5.41, 5.74) is 7.22. The molecular weight excluding hydrogens is 226 g/mol. The van der Waals surface area contributed by atoms with Crippen molar-refractivity contribution >= 4 is 11.6 Å². The van der Waals surface area contributed by atoms with Crippen molar-refractivity contribution in [2.75, 3.05) is 19.0 Å². The molecule has 1 fully saturated rings. The average Bonchev–Trinajstić information content (AvgIpc) is 3.17. The van der Waals surface area contributed by atoms with Crippen LogP contribution in [0.2, 0.25) is 0 Å². The lowest BCUT2D eigenvalue weighted by Crippen LogP contribution is -2.24. The van der Waals surface area contributed by atoms with Gasteiger partial charge in [-0.3, -0.25) is 4.99 Å². The molecule has 4 heteroatoms. The lowest BCUT2D eigenvalue weighted by Gasteiger charge is -2.10. The zero-order valence-electron chi connectivity index (χ0n) is 11.1. The van der Waals surface area contributed by atoms with Crippen molar-refractivity contribution in [3.63, 3.8) is 0 Å². The van der Waals surface area contributed by atoms with Gasteiger partial charge in [0.2, 0.25) is 0 Å². The van der Waals surface area contributed by atoms with Gasteiger partial charge in [0.1, 0.15) is 5.75 Å². The number of ether oxygens (including phenoxy) is 1. The fourth-order valence-electron chi connectivity index (χ4n) is 1.94. The Labute approximate surface area is 108 Å². The van der Waals surface area contributed by atoms with Crippen molar-refractivity contribution in [1.82, 2.24) is 0 Å². The fourth-order valence-corrected chi connectivity index (χ4v) is 1.94. The Kier molecular flexibility index (Phi) is 3.75. The minimum absolute atomic E-state index is 0.431. The van der Waals surface area contributed by atoms with Crippen LogP contribution in [0.1, 0.15) is 26.2 Å². The molecule has 98 valence electrons. The summed E-state index contributed by atoms with van der Waals surface area (Å²) < 4.78 is 5.16. The molecule has 4 nitrogen and oxygen atoms in total. The van der Waals surface area contributed by atoms with Gasteiger partial charge in [-0.25, -0.2) is 0 Å². The van der Waals surface area contributed by atoms with E-state index in [0.29, 0.717) is 11.4 Å². The van der Waals surface area contributed by atoms with Gasteiger partial charge in [-0.2, -0.15) is 0 Å². The van der Waals surface area contributed by atoms with Gasteiger partial charge in [0.15, 0.2) is 5.96 Å². The lowest BCUT2D eigenvalue weighted by atomic mass is 10.1. The quantitative estimate of drug-likeness (QED) is 0.621. The second kappa shape index (κ2) is 5.29. The number of nitrogens with zero attached hydrogens (tertiary/aromatic N) is 1. The van der Waals surface area contributed by atoms with Crippen molar-refractivity contribution < 1.29 is 4.74 Å². The first kappa shape index (κ1) is 12.7. The summed E-state index contributed by atoms with van der Waals surface area (Å²) in [6, 6.07) is 7.66. The van der Waals surface area contributed by atoms with E-state index in [1.165, 1.54) is 19.3 Å². The smallest absolute Gasteiger partial charge is 0.193 e. The maximum atomic E-state index is 5.88. The Morgan fingerprint density at radius 3 is 2.89 bits per heavy atom. The SMILES string of the molecule is CCC1(CN=C(N)Nc2cccc(OC)c2)CC1. The molecule has 1 aliphatic rings. The third kappa shape index (κ3) is 3.15. The van der Waals surface area contributed by atoms with Crippen LogP contribution in [0.3, 0.4) is 0 Å². The summed E-state index contributed by atoms with van der Waals surface area (Å²) in [7, 11) is 1.65. The predicted octanol–water partition coefficient (Wildman–Crippen LogP) is 2.61. The molecule has 0 radical (unpaired) electrons. The number of guanidine groups is 1. The van der Waals surface area contributed by atoms with Gasteiger partial charge in [0, 0.05) is 18.3 Å². The van der Waals surface area contributed by atoms with Crippen LogP contribution in [-0.4, -0.2) is 19.6 Å². The van der Waals surface area contributed by atoms with Crippen molar-refractivity contribution in [3.05, 3.63) is 24.3 Å². The molecule has 1 saturated carbocycles. The molecule has 1 aliphatic carbocycles. The molecular formula is C14H21N3O. The average molecular weight is 247 g/mol. The molecule has 1 aromatic carbocycles. The topological polar surface area (TPSA) is 59.6 Å². The van der Waals surface area contributed by atoms with Crippen molar-refractivity contribution in [1.29, 1.82) is 0 Å². The molecule has 1 aromatic rings. The Balaban J connectivity index is 1.93. The van der Waals surface area contributed by atoms with Gasteiger partial charge < -0.3 is 15.8 Å². The van der Waals surface area contributed by atoms with Crippen molar-refractivity contribution in [3.8, 4) is 5.75 Å². The summed E-state index contributed by atoms with van der Waals surface area (Å²) in [6.07, 6.45) is 3.74. The summed E-state index contributed by atoms with van der Waals surface area (Å²) in [6.45, 7) is 3.04. The highest BCUT2D eigenvalue weighted by molar-refractivity contribution is 5.92. The number of rotatable bonds is 5. The molecule has 0 amide bonds. The van der Waals surface area contributed by atoms with Crippen LogP contribution in [-0.2, 0) is 0 Å². The molecule has 0 spiro atoms. The van der Waals surface area contributed by atoms with Crippen LogP contribution in [0.15, 0.2) is 29.3 Å². The molecule has 0 aliphatic heterocycles. The third-order valence-corrected chi connectivity index (χ3v) is 3.63. The van der Waals surface area contributed by atoms with E-state index < -0.39 is 0 Å². The number of hydrogen-bond acceptors (Lipinski definition) is 2. The molecule has 0 aromatic heterocycles. The van der Waals surface area contributed by atoms with E-state index in [0.717, 1.165) is 18.0 Å². The normalized spacial score (nSPS) is 17.3. The first-order valence-corrected chi connectivity index (χ1v) is 6.38. The largest absolute Gasteiger partial charge is 0.497 e. The number of anilines is 1. The summed E-state index contributed by atoms with van der Waals surface area (Å²) >= 11 is 0. The third-order valence-electron chi connectivity index (χ3n) is 3.63. The van der Waals surface area contributed by atoms with Crippen LogP contribution in [0.5, 0.6) is 5.75 Å². The minimum atomic E-state index is 0.431. The Hall–Kier alpha value is -1.71. The second-order valence-electron chi connectivity index (χ2n) is 4.91. The van der Waals surface area contributed by atoms with Gasteiger partial charge >= 0.3 is 0 Å². The predicted molar refractivity (Wildman–Crippen MR) is 75.1 cm³/mol. The summed E-state index contributed by atoms with van der Waals surface area (Å²) in [5.74, 6) is 1.28. The van der Waals surface area contributed by atoms with E-state index in [4.69, 9.17) is 10.5 Å². The number of methoxy groups -OCH3 is 1. The van der Waals surface area contributed by atoms with E-state index in [2.05, 4.69) is 17.2 Å². The maximum absolute atomic E-state index is 5.88. The standard InChI is InChI=1S/C14H21N3O/c1-3-14(7-8-14)10-16-13(15)17-11-5-4-6-12(9-11)18-2/h4-6,9H,3,7-8,10H2,1-2H3,(H3,15,16,17). The van der Waals surface area contributed by atoms with Gasteiger partial charge in [0.05, 0.1) is 7.11 Å². The Morgan fingerprint density at radius 1 is 1.50 bits per heavy atom. The van der Waals surface area contributed by atoms with E-state index in [9.17, 15) is 0 Å². The number of nitrogens with one attached hydrogen (secondary N) is 1. The molecule has 0 heterocycles. The van der Waals surface area contributed by atoms with E-state index in [-0.39, 0.29) is 0 Å². The number of aliphatic imine (C=N–C) groups is 1. The zero-order valence-corrected chi connectivity index (χ0v) is 11.1. The van der Waals surface area contributed by atoms with Crippen LogP contribution < -0.4 is 15.8 Å². The Morgan fingerprint density at radius 2 is 2.28 bits per heavy atom. The van der Waals surface area contributed by atoms with Crippen molar-refractivity contribution in [2.24, 2.45) is 16.1 Å². The van der Waals surface area contributed by atoms with Crippen LogP contribution in [0, 0.1) is 5.41 Å². The van der Waals surface area contributed by atoms with Gasteiger partial charge in [-0.05, 0) is 36.8 Å². The van der Waals surface area contributed by atoms with E-state index >= 15 is 0 Å². The highest BCUT2D eigenvalue weighted by atomic mass is 16.5. The summed E-state index contributed by atoms with van der Waals surface area (Å²) in [4.78, 5) is 4.42. The summed E-state index contributed by atoms with van der Waals surface area (Å²) in [5, 5.41) is 3.09. The molecule has 3 N–H and O–H groups in total. The molecule has 0 bridgehead atoms. The first-order valence-electron chi connectivity index (χ1n) is 6.38. The lowest BCUT2D eigenvalue weighted by molar-refractivity contribution is 0.415. The van der Waals surface area contributed by atoms with E-state index in [1.54, 1.807) is 7.11 Å². The number of nitrogens with two attached hydrogens (primary N) is 1. The highest BCUT2D eigenvalue weighted by Crippen LogP contribution is 2.48. The second-order valence-corrected chi connectivity index (χ2v) is 4.91. The van der Waals surface area contributed by atoms with Crippen molar-refractivity contribution in [2.45, 2.75) is 26.2 Å². The number of benzene rings is 1. The minimum Gasteiger partial charge on any atom is -0.497 e. The van der Waals surface area contributed by atoms with Gasteiger partial charge in [0.25, 0.3) is 0 Å². The monoisotopic (exact) mass is 247 g/mol. The van der Waals surface area contributed by atoms with E-state index in [1.807, 2.05) is 24.3 Å². The molecule has 18 heavy (non-hydrogen) atoms.